The largest absolute Gasteiger partial charge is 0.427 e. The number of thiocarbonyl (C=S) groups is 1. The van der Waals surface area contributed by atoms with Crippen LogP contribution in [0.3, 0.4) is 0 Å². The Morgan fingerprint density at radius 3 is 2.62 bits per heavy atom. The van der Waals surface area contributed by atoms with Crippen LogP contribution < -0.4 is 5.32 Å². The van der Waals surface area contributed by atoms with Crippen molar-refractivity contribution in [2.45, 2.75) is 24.6 Å². The molecule has 1 aromatic rings. The predicted molar refractivity (Wildman–Crippen MR) is 78.7 cm³/mol. The zero-order valence-corrected chi connectivity index (χ0v) is 12.1. The number of hydrogen-bond donors (Lipinski definition) is 1. The summed E-state index contributed by atoms with van der Waals surface area (Å²) >= 11 is 5.06. The van der Waals surface area contributed by atoms with Crippen LogP contribution in [0.1, 0.15) is 18.4 Å². The standard InChI is InChI=1S/C15H13F3N2S/c1-20-13(21)19-12-5-3-2-4-11(12)14(20,15(16,17)18)9-8-10-6-7-10/h2-5,10H,6-7H2,1H3,(H,19,21). The summed E-state index contributed by atoms with van der Waals surface area (Å²) in [6.45, 7) is 0. The van der Waals surface area contributed by atoms with Crippen molar-refractivity contribution in [3.05, 3.63) is 29.8 Å². The molecule has 6 heteroatoms. The lowest BCUT2D eigenvalue weighted by Gasteiger charge is -2.45. The summed E-state index contributed by atoms with van der Waals surface area (Å²) < 4.78 is 41.8. The Kier molecular flexibility index (Phi) is 3.14. The minimum absolute atomic E-state index is 0.0242. The fourth-order valence-electron chi connectivity index (χ4n) is 2.44. The molecule has 3 rings (SSSR count). The summed E-state index contributed by atoms with van der Waals surface area (Å²) in [7, 11) is 1.33. The molecule has 0 amide bonds. The minimum Gasteiger partial charge on any atom is -0.332 e. The monoisotopic (exact) mass is 310 g/mol. The molecule has 2 aliphatic rings. The van der Waals surface area contributed by atoms with Gasteiger partial charge in [0.2, 0.25) is 5.54 Å². The van der Waals surface area contributed by atoms with E-state index < -0.39 is 11.7 Å². The second-order valence-corrected chi connectivity index (χ2v) is 5.67. The normalized spacial score (nSPS) is 24.8. The first-order valence-corrected chi connectivity index (χ1v) is 7.01. The topological polar surface area (TPSA) is 15.3 Å². The van der Waals surface area contributed by atoms with Gasteiger partial charge in [-0.1, -0.05) is 30.0 Å². The van der Waals surface area contributed by atoms with E-state index >= 15 is 0 Å². The van der Waals surface area contributed by atoms with Crippen molar-refractivity contribution in [3.63, 3.8) is 0 Å². The number of halogens is 3. The quantitative estimate of drug-likeness (QED) is 0.583. The molecule has 1 aliphatic carbocycles. The molecular formula is C15H13F3N2S. The molecule has 1 N–H and O–H groups in total. The van der Waals surface area contributed by atoms with Gasteiger partial charge in [-0.25, -0.2) is 0 Å². The molecule has 1 unspecified atom stereocenters. The molecular weight excluding hydrogens is 297 g/mol. The van der Waals surface area contributed by atoms with Crippen LogP contribution in [-0.2, 0) is 5.54 Å². The average molecular weight is 310 g/mol. The summed E-state index contributed by atoms with van der Waals surface area (Å²) in [4.78, 5) is 1.01. The molecule has 2 nitrogen and oxygen atoms in total. The zero-order chi connectivity index (χ0) is 15.3. The van der Waals surface area contributed by atoms with Gasteiger partial charge in [-0.05, 0) is 31.1 Å². The number of nitrogens with zero attached hydrogens (tertiary/aromatic N) is 1. The molecule has 0 bridgehead atoms. The molecule has 1 aliphatic heterocycles. The highest BCUT2D eigenvalue weighted by Crippen LogP contribution is 2.48. The third-order valence-electron chi connectivity index (χ3n) is 3.81. The van der Waals surface area contributed by atoms with Gasteiger partial charge in [0.1, 0.15) is 0 Å². The van der Waals surface area contributed by atoms with E-state index in [1.807, 2.05) is 0 Å². The van der Waals surface area contributed by atoms with Crippen LogP contribution in [0, 0.1) is 17.8 Å². The van der Waals surface area contributed by atoms with E-state index in [1.54, 1.807) is 18.2 Å². The van der Waals surface area contributed by atoms with Gasteiger partial charge in [0.25, 0.3) is 0 Å². The van der Waals surface area contributed by atoms with E-state index in [9.17, 15) is 13.2 Å². The van der Waals surface area contributed by atoms with Crippen molar-refractivity contribution in [1.82, 2.24) is 4.90 Å². The van der Waals surface area contributed by atoms with Crippen LogP contribution in [0.2, 0.25) is 0 Å². The van der Waals surface area contributed by atoms with Gasteiger partial charge in [-0.2, -0.15) is 13.2 Å². The maximum absolute atomic E-state index is 13.9. The number of para-hydroxylation sites is 1. The van der Waals surface area contributed by atoms with Crippen LogP contribution in [-0.4, -0.2) is 23.2 Å². The first-order valence-electron chi connectivity index (χ1n) is 6.60. The molecule has 110 valence electrons. The number of benzene rings is 1. The molecule has 1 atom stereocenters. The molecule has 21 heavy (non-hydrogen) atoms. The maximum atomic E-state index is 13.9. The molecule has 0 spiro atoms. The number of anilines is 1. The third kappa shape index (κ3) is 2.16. The molecule has 1 saturated carbocycles. The lowest BCUT2D eigenvalue weighted by molar-refractivity contribution is -0.201. The highest BCUT2D eigenvalue weighted by molar-refractivity contribution is 7.80. The molecule has 0 saturated heterocycles. The van der Waals surface area contributed by atoms with Crippen molar-refractivity contribution >= 4 is 23.0 Å². The first kappa shape index (κ1) is 14.2. The fourth-order valence-corrected chi connectivity index (χ4v) is 2.69. The Morgan fingerprint density at radius 2 is 2.00 bits per heavy atom. The lowest BCUT2D eigenvalue weighted by atomic mass is 9.85. The minimum atomic E-state index is -4.55. The van der Waals surface area contributed by atoms with Gasteiger partial charge in [-0.15, -0.1) is 0 Å². The summed E-state index contributed by atoms with van der Waals surface area (Å²) in [6.07, 6.45) is -2.81. The van der Waals surface area contributed by atoms with Crippen LogP contribution in [0.5, 0.6) is 0 Å². The molecule has 0 radical (unpaired) electrons. The number of rotatable bonds is 0. The highest BCUT2D eigenvalue weighted by Gasteiger charge is 2.61. The second-order valence-electron chi connectivity index (χ2n) is 5.29. The van der Waals surface area contributed by atoms with E-state index in [4.69, 9.17) is 12.2 Å². The summed E-state index contributed by atoms with van der Waals surface area (Å²) in [5.41, 5.74) is -1.92. The highest BCUT2D eigenvalue weighted by atomic mass is 32.1. The van der Waals surface area contributed by atoms with Gasteiger partial charge >= 0.3 is 6.18 Å². The lowest BCUT2D eigenvalue weighted by Crippen LogP contribution is -2.59. The van der Waals surface area contributed by atoms with Gasteiger partial charge in [0, 0.05) is 24.2 Å². The molecule has 1 aromatic carbocycles. The third-order valence-corrected chi connectivity index (χ3v) is 4.19. The summed E-state index contributed by atoms with van der Waals surface area (Å²) in [5.74, 6) is 5.34. The summed E-state index contributed by atoms with van der Waals surface area (Å²) in [6, 6.07) is 6.31. The van der Waals surface area contributed by atoms with Crippen LogP contribution in [0.25, 0.3) is 0 Å². The van der Waals surface area contributed by atoms with Crippen LogP contribution in [0.15, 0.2) is 24.3 Å². The van der Waals surface area contributed by atoms with E-state index in [-0.39, 0.29) is 16.6 Å². The van der Waals surface area contributed by atoms with E-state index in [0.29, 0.717) is 5.69 Å². The molecule has 1 fully saturated rings. The van der Waals surface area contributed by atoms with Crippen LogP contribution in [0.4, 0.5) is 18.9 Å². The van der Waals surface area contributed by atoms with Gasteiger partial charge in [0.15, 0.2) is 5.11 Å². The Bertz CT molecular complexity index is 655. The van der Waals surface area contributed by atoms with Crippen molar-refractivity contribution in [3.8, 4) is 11.8 Å². The van der Waals surface area contributed by atoms with Crippen molar-refractivity contribution < 1.29 is 13.2 Å². The van der Waals surface area contributed by atoms with E-state index in [2.05, 4.69) is 17.2 Å². The van der Waals surface area contributed by atoms with E-state index in [1.165, 1.54) is 13.1 Å². The number of alkyl halides is 3. The number of hydrogen-bond acceptors (Lipinski definition) is 1. The Morgan fingerprint density at radius 1 is 1.33 bits per heavy atom. The molecule has 1 heterocycles. The smallest absolute Gasteiger partial charge is 0.332 e. The van der Waals surface area contributed by atoms with E-state index in [0.717, 1.165) is 17.7 Å². The van der Waals surface area contributed by atoms with Gasteiger partial charge in [-0.3, -0.25) is 0 Å². The Hall–Kier alpha value is -1.74. The molecule has 0 aromatic heterocycles. The number of nitrogens with one attached hydrogen (secondary N) is 1. The Balaban J connectivity index is 2.26. The second kappa shape index (κ2) is 4.63. The fraction of sp³-hybridized carbons (Fsp3) is 0.400. The maximum Gasteiger partial charge on any atom is 0.427 e. The zero-order valence-electron chi connectivity index (χ0n) is 11.3. The van der Waals surface area contributed by atoms with Crippen molar-refractivity contribution in [2.24, 2.45) is 5.92 Å². The SMILES string of the molecule is CN1C(=S)Nc2ccccc2C1(C#CC1CC1)C(F)(F)F. The number of fused-ring (bicyclic) bond motifs is 1. The van der Waals surface area contributed by atoms with Gasteiger partial charge in [0.05, 0.1) is 0 Å². The van der Waals surface area contributed by atoms with Crippen LogP contribution >= 0.6 is 12.2 Å². The predicted octanol–water partition coefficient (Wildman–Crippen LogP) is 3.50. The van der Waals surface area contributed by atoms with Crippen molar-refractivity contribution in [1.29, 1.82) is 0 Å². The average Bonchev–Trinajstić information content (AvgIpc) is 3.22. The Labute approximate surface area is 126 Å². The summed E-state index contributed by atoms with van der Waals surface area (Å²) in [5, 5.41) is 2.85. The van der Waals surface area contributed by atoms with Crippen molar-refractivity contribution in [2.75, 3.05) is 12.4 Å². The van der Waals surface area contributed by atoms with Gasteiger partial charge < -0.3 is 10.2 Å². The first-order chi connectivity index (χ1) is 9.86.